The van der Waals surface area contributed by atoms with Crippen LogP contribution in [-0.2, 0) is 28.7 Å². The fraction of sp³-hybridized carbons (Fsp3) is 0.200. The summed E-state index contributed by atoms with van der Waals surface area (Å²) < 4.78 is 27.1. The van der Waals surface area contributed by atoms with E-state index in [0.29, 0.717) is 23.5 Å². The molecule has 0 radical (unpaired) electrons. The van der Waals surface area contributed by atoms with Crippen molar-refractivity contribution < 1.29 is 8.42 Å². The maximum atomic E-state index is 12.8. The minimum absolute atomic E-state index is 0.0576. The van der Waals surface area contributed by atoms with Crippen LogP contribution in [0.4, 0.5) is 0 Å². The quantitative estimate of drug-likeness (QED) is 0.752. The zero-order chi connectivity index (χ0) is 18.9. The molecule has 1 aliphatic rings. The van der Waals surface area contributed by atoms with Crippen LogP contribution in [0, 0.1) is 0 Å². The highest BCUT2D eigenvalue weighted by atomic mass is 32.2. The van der Waals surface area contributed by atoms with Crippen molar-refractivity contribution in [2.75, 3.05) is 6.54 Å². The molecule has 1 aliphatic heterocycles. The van der Waals surface area contributed by atoms with Crippen molar-refractivity contribution in [3.8, 4) is 11.4 Å². The Labute approximate surface area is 157 Å². The molecule has 0 spiro atoms. The van der Waals surface area contributed by atoms with Crippen molar-refractivity contribution in [3.05, 3.63) is 87.8 Å². The molecule has 0 fully saturated rings. The predicted octanol–water partition coefficient (Wildman–Crippen LogP) is 2.33. The molecule has 1 aromatic heterocycles. The monoisotopic (exact) mass is 381 g/mol. The first-order valence-electron chi connectivity index (χ1n) is 8.72. The van der Waals surface area contributed by atoms with Crippen LogP contribution in [0.2, 0.25) is 0 Å². The van der Waals surface area contributed by atoms with Gasteiger partial charge in [0.1, 0.15) is 5.82 Å². The van der Waals surface area contributed by atoms with E-state index in [1.807, 2.05) is 48.5 Å². The van der Waals surface area contributed by atoms with Crippen molar-refractivity contribution in [3.63, 3.8) is 0 Å². The molecule has 0 saturated heterocycles. The smallest absolute Gasteiger partial charge is 0.254 e. The van der Waals surface area contributed by atoms with Crippen LogP contribution in [0.5, 0.6) is 0 Å². The molecule has 4 rings (SSSR count). The van der Waals surface area contributed by atoms with Crippen LogP contribution in [0.1, 0.15) is 16.8 Å². The summed E-state index contributed by atoms with van der Waals surface area (Å²) in [5.41, 5.74) is 2.44. The minimum Gasteiger partial charge on any atom is -0.306 e. The average molecular weight is 381 g/mol. The van der Waals surface area contributed by atoms with Gasteiger partial charge >= 0.3 is 0 Å². The Hall–Kier alpha value is -2.77. The first-order chi connectivity index (χ1) is 13.0. The van der Waals surface area contributed by atoms with E-state index in [4.69, 9.17) is 0 Å². The van der Waals surface area contributed by atoms with Gasteiger partial charge in [-0.1, -0.05) is 60.7 Å². The standard InChI is InChI=1S/C20H19N3O3S/c24-20-17-11-12-23(27(25,26)14-15-7-3-1-4-8-15)13-18(17)21-19(22-20)16-9-5-2-6-10-16/h1-10H,11-14H2,(H,21,22,24). The van der Waals surface area contributed by atoms with Gasteiger partial charge in [-0.25, -0.2) is 13.4 Å². The number of nitrogens with zero attached hydrogens (tertiary/aromatic N) is 2. The van der Waals surface area contributed by atoms with Gasteiger partial charge in [-0.15, -0.1) is 0 Å². The van der Waals surface area contributed by atoms with Gasteiger partial charge in [-0.05, 0) is 12.0 Å². The summed E-state index contributed by atoms with van der Waals surface area (Å²) in [6.07, 6.45) is 0.362. The number of hydrogen-bond donors (Lipinski definition) is 1. The highest BCUT2D eigenvalue weighted by Crippen LogP contribution is 2.22. The van der Waals surface area contributed by atoms with E-state index < -0.39 is 10.0 Å². The molecule has 138 valence electrons. The van der Waals surface area contributed by atoms with E-state index >= 15 is 0 Å². The van der Waals surface area contributed by atoms with Crippen LogP contribution < -0.4 is 5.56 Å². The van der Waals surface area contributed by atoms with E-state index in [2.05, 4.69) is 9.97 Å². The van der Waals surface area contributed by atoms with Crippen LogP contribution >= 0.6 is 0 Å². The number of sulfonamides is 1. The van der Waals surface area contributed by atoms with Gasteiger partial charge in [0.25, 0.3) is 5.56 Å². The molecule has 3 aromatic rings. The van der Waals surface area contributed by atoms with E-state index in [1.165, 1.54) is 4.31 Å². The molecule has 0 aliphatic carbocycles. The maximum Gasteiger partial charge on any atom is 0.254 e. The van der Waals surface area contributed by atoms with Gasteiger partial charge in [-0.3, -0.25) is 4.79 Å². The van der Waals surface area contributed by atoms with Crippen molar-refractivity contribution >= 4 is 10.0 Å². The summed E-state index contributed by atoms with van der Waals surface area (Å²) in [7, 11) is -3.49. The molecule has 27 heavy (non-hydrogen) atoms. The summed E-state index contributed by atoms with van der Waals surface area (Å²) in [6.45, 7) is 0.409. The number of aromatic amines is 1. The van der Waals surface area contributed by atoms with Gasteiger partial charge in [0.05, 0.1) is 18.0 Å². The Bertz CT molecular complexity index is 1110. The minimum atomic E-state index is -3.49. The lowest BCUT2D eigenvalue weighted by atomic mass is 10.1. The van der Waals surface area contributed by atoms with Crippen LogP contribution in [-0.4, -0.2) is 29.2 Å². The number of aromatic nitrogens is 2. The molecule has 1 N–H and O–H groups in total. The number of H-pyrrole nitrogens is 1. The lowest BCUT2D eigenvalue weighted by Crippen LogP contribution is -2.39. The summed E-state index contributed by atoms with van der Waals surface area (Å²) in [4.78, 5) is 19.8. The highest BCUT2D eigenvalue weighted by molar-refractivity contribution is 7.88. The first kappa shape index (κ1) is 17.6. The topological polar surface area (TPSA) is 83.1 Å². The third-order valence-electron chi connectivity index (χ3n) is 4.67. The third-order valence-corrected chi connectivity index (χ3v) is 6.47. The maximum absolute atomic E-state index is 12.8. The zero-order valence-corrected chi connectivity index (χ0v) is 15.4. The van der Waals surface area contributed by atoms with Gasteiger partial charge in [0, 0.05) is 17.7 Å². The normalized spacial score (nSPS) is 14.7. The molecule has 2 heterocycles. The lowest BCUT2D eigenvalue weighted by molar-refractivity contribution is 0.383. The Balaban J connectivity index is 1.64. The molecule has 2 aromatic carbocycles. The number of rotatable bonds is 4. The van der Waals surface area contributed by atoms with E-state index in [9.17, 15) is 13.2 Å². The summed E-state index contributed by atoms with van der Waals surface area (Å²) in [5, 5.41) is 0. The molecule has 0 bridgehead atoms. The van der Waals surface area contributed by atoms with E-state index in [1.54, 1.807) is 12.1 Å². The first-order valence-corrected chi connectivity index (χ1v) is 10.3. The van der Waals surface area contributed by atoms with Crippen molar-refractivity contribution in [2.24, 2.45) is 0 Å². The SMILES string of the molecule is O=c1[nH]c(-c2ccccc2)nc2c1CCN(S(=O)(=O)Cc1ccccc1)C2. The second-order valence-corrected chi connectivity index (χ2v) is 8.50. The fourth-order valence-electron chi connectivity index (χ4n) is 3.26. The van der Waals surface area contributed by atoms with Crippen LogP contribution in [0.25, 0.3) is 11.4 Å². The Kier molecular flexibility index (Phi) is 4.63. The molecule has 7 heteroatoms. The molecule has 0 saturated carbocycles. The predicted molar refractivity (Wildman–Crippen MR) is 103 cm³/mol. The molecular weight excluding hydrogens is 362 g/mol. The number of fused-ring (bicyclic) bond motifs is 1. The van der Waals surface area contributed by atoms with Crippen LogP contribution in [0.15, 0.2) is 65.5 Å². The molecule has 0 atom stereocenters. The lowest BCUT2D eigenvalue weighted by Gasteiger charge is -2.27. The second kappa shape index (κ2) is 7.09. The Morgan fingerprint density at radius 3 is 2.37 bits per heavy atom. The molecule has 0 unspecified atom stereocenters. The third kappa shape index (κ3) is 3.70. The summed E-state index contributed by atoms with van der Waals surface area (Å²) in [6, 6.07) is 18.4. The Morgan fingerprint density at radius 2 is 1.67 bits per heavy atom. The summed E-state index contributed by atoms with van der Waals surface area (Å²) >= 11 is 0. The van der Waals surface area contributed by atoms with Gasteiger partial charge in [0.15, 0.2) is 0 Å². The number of nitrogens with one attached hydrogen (secondary N) is 1. The van der Waals surface area contributed by atoms with Crippen molar-refractivity contribution in [1.82, 2.24) is 14.3 Å². The number of hydrogen-bond acceptors (Lipinski definition) is 4. The van der Waals surface area contributed by atoms with E-state index in [0.717, 1.165) is 11.1 Å². The van der Waals surface area contributed by atoms with E-state index in [-0.39, 0.29) is 24.4 Å². The highest BCUT2D eigenvalue weighted by Gasteiger charge is 2.29. The number of benzene rings is 2. The largest absolute Gasteiger partial charge is 0.306 e. The molecule has 0 amide bonds. The Morgan fingerprint density at radius 1 is 1.00 bits per heavy atom. The van der Waals surface area contributed by atoms with Gasteiger partial charge in [-0.2, -0.15) is 4.31 Å². The molecule has 6 nitrogen and oxygen atoms in total. The van der Waals surface area contributed by atoms with Crippen molar-refractivity contribution in [2.45, 2.75) is 18.7 Å². The average Bonchev–Trinajstić information content (AvgIpc) is 2.68. The van der Waals surface area contributed by atoms with Gasteiger partial charge < -0.3 is 4.98 Å². The van der Waals surface area contributed by atoms with Gasteiger partial charge in [0.2, 0.25) is 10.0 Å². The zero-order valence-electron chi connectivity index (χ0n) is 14.6. The van der Waals surface area contributed by atoms with Crippen molar-refractivity contribution in [1.29, 1.82) is 0 Å². The van der Waals surface area contributed by atoms with Crippen LogP contribution in [0.3, 0.4) is 0 Å². The fourth-order valence-corrected chi connectivity index (χ4v) is 4.75. The summed E-state index contributed by atoms with van der Waals surface area (Å²) in [5.74, 6) is 0.402. The molecular formula is C20H19N3O3S. The second-order valence-electron chi connectivity index (χ2n) is 6.53.